The van der Waals surface area contributed by atoms with Gasteiger partial charge in [0.2, 0.25) is 0 Å². The number of rotatable bonds is 3. The molecule has 2 heterocycles. The van der Waals surface area contributed by atoms with E-state index < -0.39 is 0 Å². The number of hydrogen-bond acceptors (Lipinski definition) is 6. The summed E-state index contributed by atoms with van der Waals surface area (Å²) in [6, 6.07) is 8.41. The molecule has 5 nitrogen and oxygen atoms in total. The number of aromatic hydroxyl groups is 1. The van der Waals surface area contributed by atoms with E-state index in [0.717, 1.165) is 21.2 Å². The van der Waals surface area contributed by atoms with Crippen LogP contribution in [0.15, 0.2) is 55.5 Å². The largest absolute Gasteiger partial charge is 0.507 e. The van der Waals surface area contributed by atoms with Crippen LogP contribution in [0.3, 0.4) is 0 Å². The molecule has 8 heteroatoms. The number of halogens is 1. The molecule has 0 spiro atoms. The Hall–Kier alpha value is -1.90. The van der Waals surface area contributed by atoms with Gasteiger partial charge in [-0.05, 0) is 42.5 Å². The molecule has 0 saturated carbocycles. The van der Waals surface area contributed by atoms with Crippen molar-refractivity contribution < 1.29 is 14.3 Å². The van der Waals surface area contributed by atoms with E-state index >= 15 is 0 Å². The molecule has 1 aliphatic heterocycles. The van der Waals surface area contributed by atoms with Crippen molar-refractivity contribution in [3.63, 3.8) is 0 Å². The number of amides is 1. The molecule has 1 saturated heterocycles. The third-order valence-corrected chi connectivity index (χ3v) is 4.67. The van der Waals surface area contributed by atoms with Crippen molar-refractivity contribution >= 4 is 62.4 Å². The first-order valence-electron chi connectivity index (χ1n) is 6.38. The van der Waals surface area contributed by atoms with Crippen molar-refractivity contribution in [3.05, 3.63) is 57.3 Å². The predicted molar refractivity (Wildman–Crippen MR) is 97.1 cm³/mol. The summed E-state index contributed by atoms with van der Waals surface area (Å²) in [5.74, 6) is 0.301. The Labute approximate surface area is 149 Å². The molecule has 0 aliphatic carbocycles. The number of phenols is 1. The molecule has 1 amide bonds. The maximum absolute atomic E-state index is 12.3. The fraction of sp³-hybridized carbons (Fsp3) is 0. The smallest absolute Gasteiger partial charge is 0.286 e. The minimum atomic E-state index is -0.331. The van der Waals surface area contributed by atoms with Crippen LogP contribution >= 0.6 is 39.9 Å². The molecule has 23 heavy (non-hydrogen) atoms. The third kappa shape index (κ3) is 3.54. The molecule has 0 bridgehead atoms. The first-order valence-corrected chi connectivity index (χ1v) is 8.40. The number of thioether (sulfide) groups is 1. The Balaban J connectivity index is 1.83. The Bertz CT molecular complexity index is 831. The monoisotopic (exact) mass is 408 g/mol. The van der Waals surface area contributed by atoms with E-state index in [0.29, 0.717) is 20.5 Å². The molecule has 1 N–H and O–H groups in total. The van der Waals surface area contributed by atoms with Crippen LogP contribution in [-0.2, 0) is 4.79 Å². The van der Waals surface area contributed by atoms with Crippen LogP contribution in [0.2, 0.25) is 0 Å². The van der Waals surface area contributed by atoms with Crippen molar-refractivity contribution in [2.75, 3.05) is 0 Å². The second-order valence-electron chi connectivity index (χ2n) is 4.46. The van der Waals surface area contributed by atoms with Crippen molar-refractivity contribution in [3.8, 4) is 5.75 Å². The third-order valence-electron chi connectivity index (χ3n) is 2.89. The minimum Gasteiger partial charge on any atom is -0.507 e. The normalized spacial score (nSPS) is 16.9. The number of furan rings is 1. The molecular formula is C15H9BrN2O3S2. The fourth-order valence-corrected chi connectivity index (χ4v) is 3.34. The minimum absolute atomic E-state index is 0.0634. The van der Waals surface area contributed by atoms with E-state index in [2.05, 4.69) is 21.0 Å². The molecule has 1 aromatic carbocycles. The van der Waals surface area contributed by atoms with Gasteiger partial charge in [0, 0.05) is 16.1 Å². The quantitative estimate of drug-likeness (QED) is 0.472. The Morgan fingerprint density at radius 2 is 2.22 bits per heavy atom. The van der Waals surface area contributed by atoms with Crippen molar-refractivity contribution in [1.29, 1.82) is 0 Å². The van der Waals surface area contributed by atoms with Gasteiger partial charge < -0.3 is 9.52 Å². The zero-order chi connectivity index (χ0) is 16.4. The van der Waals surface area contributed by atoms with Crippen LogP contribution in [-0.4, -0.2) is 26.6 Å². The zero-order valence-electron chi connectivity index (χ0n) is 11.5. The summed E-state index contributed by atoms with van der Waals surface area (Å²) in [4.78, 5) is 12.8. The predicted octanol–water partition coefficient (Wildman–Crippen LogP) is 3.98. The lowest BCUT2D eigenvalue weighted by molar-refractivity contribution is -0.122. The summed E-state index contributed by atoms with van der Waals surface area (Å²) in [5.41, 5.74) is 0.475. The van der Waals surface area contributed by atoms with Gasteiger partial charge in [0.1, 0.15) is 11.5 Å². The van der Waals surface area contributed by atoms with Crippen LogP contribution < -0.4 is 0 Å². The Kier molecular flexibility index (Phi) is 4.65. The van der Waals surface area contributed by atoms with E-state index in [1.807, 2.05) is 0 Å². The maximum atomic E-state index is 12.3. The van der Waals surface area contributed by atoms with Crippen molar-refractivity contribution in [1.82, 2.24) is 5.01 Å². The fourth-order valence-electron chi connectivity index (χ4n) is 1.81. The van der Waals surface area contributed by atoms with Crippen LogP contribution in [0.4, 0.5) is 0 Å². The molecule has 116 valence electrons. The van der Waals surface area contributed by atoms with Crippen molar-refractivity contribution in [2.24, 2.45) is 5.10 Å². The van der Waals surface area contributed by atoms with Gasteiger partial charge in [-0.1, -0.05) is 27.7 Å². The molecule has 0 radical (unpaired) electrons. The van der Waals surface area contributed by atoms with Crippen LogP contribution in [0, 0.1) is 0 Å². The van der Waals surface area contributed by atoms with E-state index in [1.165, 1.54) is 18.5 Å². The van der Waals surface area contributed by atoms with Crippen molar-refractivity contribution in [2.45, 2.75) is 0 Å². The molecule has 0 atom stereocenters. The average molecular weight is 409 g/mol. The number of hydrazone groups is 1. The zero-order valence-corrected chi connectivity index (χ0v) is 14.7. The number of nitrogens with zero attached hydrogens (tertiary/aromatic N) is 2. The highest BCUT2D eigenvalue weighted by Gasteiger charge is 2.32. The van der Waals surface area contributed by atoms with Crippen LogP contribution in [0.1, 0.15) is 11.3 Å². The number of carbonyl (C=O) groups excluding carboxylic acids is 1. The second kappa shape index (κ2) is 6.69. The van der Waals surface area contributed by atoms with E-state index in [1.54, 1.807) is 30.3 Å². The average Bonchev–Trinajstić information content (AvgIpc) is 3.11. The van der Waals surface area contributed by atoms with Gasteiger partial charge in [-0.3, -0.25) is 4.79 Å². The highest BCUT2D eigenvalue weighted by atomic mass is 79.9. The lowest BCUT2D eigenvalue weighted by atomic mass is 10.2. The van der Waals surface area contributed by atoms with Crippen LogP contribution in [0.5, 0.6) is 5.75 Å². The lowest BCUT2D eigenvalue weighted by Crippen LogP contribution is -2.22. The van der Waals surface area contributed by atoms with E-state index in [9.17, 15) is 9.90 Å². The van der Waals surface area contributed by atoms with E-state index in [-0.39, 0.29) is 11.7 Å². The molecular weight excluding hydrogens is 400 g/mol. The first-order chi connectivity index (χ1) is 11.0. The molecule has 1 aromatic heterocycles. The molecule has 1 aliphatic rings. The van der Waals surface area contributed by atoms with Crippen LogP contribution in [0.25, 0.3) is 6.08 Å². The maximum Gasteiger partial charge on any atom is 0.286 e. The molecule has 3 rings (SSSR count). The van der Waals surface area contributed by atoms with Gasteiger partial charge in [0.05, 0.1) is 17.4 Å². The number of carbonyl (C=O) groups is 1. The van der Waals surface area contributed by atoms with Gasteiger partial charge in [-0.25, -0.2) is 0 Å². The summed E-state index contributed by atoms with van der Waals surface area (Å²) in [6.07, 6.45) is 4.53. The summed E-state index contributed by atoms with van der Waals surface area (Å²) in [6.45, 7) is 0. The number of benzene rings is 1. The van der Waals surface area contributed by atoms with Gasteiger partial charge in [-0.15, -0.1) is 0 Å². The highest BCUT2D eigenvalue weighted by Crippen LogP contribution is 2.33. The summed E-state index contributed by atoms with van der Waals surface area (Å²) in [5, 5.41) is 15.0. The SMILES string of the molecule is O=C1C(=Cc2ccco2)SC(=S)N1N=Cc1cc(Br)ccc1O. The van der Waals surface area contributed by atoms with Gasteiger partial charge in [0.25, 0.3) is 5.91 Å². The Morgan fingerprint density at radius 1 is 1.39 bits per heavy atom. The topological polar surface area (TPSA) is 66.0 Å². The first kappa shape index (κ1) is 16.0. The Morgan fingerprint density at radius 3 is 2.96 bits per heavy atom. The summed E-state index contributed by atoms with van der Waals surface area (Å²) < 4.78 is 6.30. The number of phenolic OH excluding ortho intramolecular Hbond substituents is 1. The second-order valence-corrected chi connectivity index (χ2v) is 7.05. The molecule has 1 fully saturated rings. The summed E-state index contributed by atoms with van der Waals surface area (Å²) >= 11 is 9.63. The van der Waals surface area contributed by atoms with Gasteiger partial charge >= 0.3 is 0 Å². The van der Waals surface area contributed by atoms with E-state index in [4.69, 9.17) is 16.6 Å². The van der Waals surface area contributed by atoms with Gasteiger partial charge in [-0.2, -0.15) is 10.1 Å². The molecule has 2 aromatic rings. The summed E-state index contributed by atoms with van der Waals surface area (Å²) in [7, 11) is 0. The standard InChI is InChI=1S/C15H9BrN2O3S2/c16-10-3-4-12(19)9(6-10)8-17-18-14(20)13(23-15(18)22)7-11-2-1-5-21-11/h1-8,19H. The number of thiocarbonyl (C=S) groups is 1. The number of hydrogen-bond donors (Lipinski definition) is 1. The lowest BCUT2D eigenvalue weighted by Gasteiger charge is -2.06. The highest BCUT2D eigenvalue weighted by molar-refractivity contribution is 9.10. The van der Waals surface area contributed by atoms with Gasteiger partial charge in [0.15, 0.2) is 4.32 Å². The molecule has 0 unspecified atom stereocenters.